The van der Waals surface area contributed by atoms with E-state index in [9.17, 15) is 12.8 Å². The zero-order chi connectivity index (χ0) is 24.4. The predicted octanol–water partition coefficient (Wildman–Crippen LogP) is 3.44. The zero-order valence-electron chi connectivity index (χ0n) is 20.1. The number of nitrogens with one attached hydrogen (secondary N) is 3. The lowest BCUT2D eigenvalue weighted by molar-refractivity contribution is 0.323. The Hall–Kier alpha value is -2.53. The van der Waals surface area contributed by atoms with Crippen LogP contribution in [0.2, 0.25) is 0 Å². The Morgan fingerprint density at radius 3 is 2.34 bits per heavy atom. The van der Waals surface area contributed by atoms with Gasteiger partial charge >= 0.3 is 0 Å². The number of sulfonamides is 1. The van der Waals surface area contributed by atoms with Gasteiger partial charge in [0.1, 0.15) is 5.82 Å². The fourth-order valence-electron chi connectivity index (χ4n) is 4.89. The van der Waals surface area contributed by atoms with Crippen LogP contribution >= 0.6 is 0 Å². The average Bonchev–Trinajstić information content (AvgIpc) is 3.45. The van der Waals surface area contributed by atoms with Crippen molar-refractivity contribution in [3.05, 3.63) is 29.6 Å². The van der Waals surface area contributed by atoms with Crippen molar-refractivity contribution in [1.29, 1.82) is 0 Å². The highest BCUT2D eigenvalue weighted by molar-refractivity contribution is 7.89. The summed E-state index contributed by atoms with van der Waals surface area (Å²) >= 11 is 0. The Morgan fingerprint density at radius 1 is 0.971 bits per heavy atom. The molecule has 0 bridgehead atoms. The topological polar surface area (TPSA) is 112 Å². The summed E-state index contributed by atoms with van der Waals surface area (Å²) in [5, 5.41) is 6.80. The maximum absolute atomic E-state index is 13.4. The third-order valence-electron chi connectivity index (χ3n) is 7.07. The van der Waals surface area contributed by atoms with Gasteiger partial charge in [0.15, 0.2) is 0 Å². The van der Waals surface area contributed by atoms with Crippen molar-refractivity contribution in [3.8, 4) is 0 Å². The number of aryl methyl sites for hydroxylation is 1. The lowest BCUT2D eigenvalue weighted by atomic mass is 9.86. The van der Waals surface area contributed by atoms with Crippen LogP contribution in [0, 0.1) is 18.7 Å². The fourth-order valence-corrected chi connectivity index (χ4v) is 6.43. The van der Waals surface area contributed by atoms with Gasteiger partial charge in [-0.15, -0.1) is 0 Å². The van der Waals surface area contributed by atoms with Crippen molar-refractivity contribution < 1.29 is 12.8 Å². The van der Waals surface area contributed by atoms with Gasteiger partial charge < -0.3 is 15.5 Å². The fraction of sp³-hybridized carbons (Fsp3) is 0.625. The van der Waals surface area contributed by atoms with Crippen molar-refractivity contribution >= 4 is 27.9 Å². The second-order valence-electron chi connectivity index (χ2n) is 10.0. The molecule has 0 radical (unpaired) electrons. The maximum atomic E-state index is 13.4. The van der Waals surface area contributed by atoms with E-state index in [1.807, 2.05) is 0 Å². The molecule has 2 heterocycles. The molecular formula is C24H34FN7O2S. The molecule has 1 saturated heterocycles. The van der Waals surface area contributed by atoms with Crippen LogP contribution in [0.4, 0.5) is 22.2 Å². The molecular weight excluding hydrogens is 469 g/mol. The summed E-state index contributed by atoms with van der Waals surface area (Å²) < 4.78 is 41.8. The molecule has 2 aromatic rings. The third kappa shape index (κ3) is 6.19. The Bertz CT molecular complexity index is 1140. The first-order valence-corrected chi connectivity index (χ1v) is 14.1. The molecule has 2 aliphatic carbocycles. The molecule has 2 saturated carbocycles. The summed E-state index contributed by atoms with van der Waals surface area (Å²) in [6, 6.07) is 4.12. The summed E-state index contributed by atoms with van der Waals surface area (Å²) in [5.41, 5.74) is 0.414. The highest BCUT2D eigenvalue weighted by Gasteiger charge is 2.28. The Morgan fingerprint density at radius 2 is 1.66 bits per heavy atom. The van der Waals surface area contributed by atoms with E-state index >= 15 is 0 Å². The summed E-state index contributed by atoms with van der Waals surface area (Å²) in [5.74, 6) is 1.95. The summed E-state index contributed by atoms with van der Waals surface area (Å²) in [7, 11) is -3.67. The molecule has 1 aromatic carbocycles. The molecule has 1 aromatic heterocycles. The molecule has 0 spiro atoms. The van der Waals surface area contributed by atoms with Crippen molar-refractivity contribution in [2.24, 2.45) is 5.92 Å². The molecule has 35 heavy (non-hydrogen) atoms. The van der Waals surface area contributed by atoms with Crippen LogP contribution in [0.3, 0.4) is 0 Å². The van der Waals surface area contributed by atoms with E-state index < -0.39 is 15.8 Å². The van der Waals surface area contributed by atoms with Crippen LogP contribution in [-0.2, 0) is 10.0 Å². The monoisotopic (exact) mass is 503 g/mol. The summed E-state index contributed by atoms with van der Waals surface area (Å²) in [6.45, 7) is 4.30. The third-order valence-corrected chi connectivity index (χ3v) is 8.75. The lowest BCUT2D eigenvalue weighted by Crippen LogP contribution is -2.38. The normalized spacial score (nSPS) is 22.9. The van der Waals surface area contributed by atoms with E-state index in [1.165, 1.54) is 18.2 Å². The minimum Gasteiger partial charge on any atom is -0.354 e. The van der Waals surface area contributed by atoms with Gasteiger partial charge in [-0.05, 0) is 88.0 Å². The van der Waals surface area contributed by atoms with Gasteiger partial charge in [-0.2, -0.15) is 15.0 Å². The van der Waals surface area contributed by atoms with Crippen molar-refractivity contribution in [3.63, 3.8) is 0 Å². The van der Waals surface area contributed by atoms with Gasteiger partial charge in [-0.1, -0.05) is 0 Å². The van der Waals surface area contributed by atoms with Gasteiger partial charge in [0.2, 0.25) is 27.9 Å². The van der Waals surface area contributed by atoms with Crippen LogP contribution in [0.5, 0.6) is 0 Å². The van der Waals surface area contributed by atoms with Crippen LogP contribution in [-0.4, -0.2) is 55.1 Å². The van der Waals surface area contributed by atoms with Gasteiger partial charge in [0, 0.05) is 31.7 Å². The number of hydrogen-bond donors (Lipinski definition) is 3. The van der Waals surface area contributed by atoms with E-state index in [1.54, 1.807) is 6.92 Å². The Kier molecular flexibility index (Phi) is 7.06. The molecule has 0 amide bonds. The van der Waals surface area contributed by atoms with Crippen molar-refractivity contribution in [2.75, 3.05) is 35.2 Å². The van der Waals surface area contributed by atoms with E-state index in [-0.39, 0.29) is 10.9 Å². The number of rotatable bonds is 9. The Labute approximate surface area is 206 Å². The standard InChI is InChI=1S/C24H34FN7O2S/c1-16-14-18(25)6-11-21(16)35(33,34)31-20-7-4-17(5-8-20)15-26-22-28-23(27-19-9-10-19)30-24(29-22)32-12-2-3-13-32/h6,11,14,17,19-20,31H,2-5,7-10,12-13,15H2,1H3,(H2,26,27,28,29,30). The quantitative estimate of drug-likeness (QED) is 0.477. The molecule has 1 aliphatic heterocycles. The number of anilines is 3. The first kappa shape index (κ1) is 24.2. The van der Waals surface area contributed by atoms with Crippen LogP contribution in [0.25, 0.3) is 0 Å². The highest BCUT2D eigenvalue weighted by atomic mass is 32.2. The summed E-state index contributed by atoms with van der Waals surface area (Å²) in [4.78, 5) is 16.3. The SMILES string of the molecule is Cc1cc(F)ccc1S(=O)(=O)NC1CCC(CNc2nc(NC3CC3)nc(N3CCCC3)n2)CC1. The molecule has 5 rings (SSSR count). The molecule has 0 unspecified atom stereocenters. The lowest BCUT2D eigenvalue weighted by Gasteiger charge is -2.29. The second-order valence-corrected chi connectivity index (χ2v) is 11.7. The van der Waals surface area contributed by atoms with Crippen LogP contribution in [0.15, 0.2) is 23.1 Å². The van der Waals surface area contributed by atoms with Gasteiger partial charge in [-0.3, -0.25) is 0 Å². The Balaban J connectivity index is 1.15. The van der Waals surface area contributed by atoms with Crippen LogP contribution in [0.1, 0.15) is 56.9 Å². The maximum Gasteiger partial charge on any atom is 0.241 e. The molecule has 11 heteroatoms. The number of benzene rings is 1. The largest absolute Gasteiger partial charge is 0.354 e. The first-order chi connectivity index (χ1) is 16.9. The number of aromatic nitrogens is 3. The molecule has 190 valence electrons. The first-order valence-electron chi connectivity index (χ1n) is 12.7. The van der Waals surface area contributed by atoms with Gasteiger partial charge in [-0.25, -0.2) is 17.5 Å². The van der Waals surface area contributed by atoms with Crippen molar-refractivity contribution in [2.45, 2.75) is 75.3 Å². The molecule has 9 nitrogen and oxygen atoms in total. The molecule has 3 fully saturated rings. The average molecular weight is 504 g/mol. The van der Waals surface area contributed by atoms with E-state index in [0.29, 0.717) is 29.4 Å². The number of nitrogens with zero attached hydrogens (tertiary/aromatic N) is 4. The minimum absolute atomic E-state index is 0.117. The van der Waals surface area contributed by atoms with Crippen molar-refractivity contribution in [1.82, 2.24) is 19.7 Å². The number of hydrogen-bond acceptors (Lipinski definition) is 8. The molecule has 0 atom stereocenters. The number of halogens is 1. The highest BCUT2D eigenvalue weighted by Crippen LogP contribution is 2.28. The van der Waals surface area contributed by atoms with E-state index in [0.717, 1.165) is 76.9 Å². The molecule has 3 aliphatic rings. The van der Waals surface area contributed by atoms with E-state index in [2.05, 4.69) is 35.2 Å². The van der Waals surface area contributed by atoms with Gasteiger partial charge in [0.25, 0.3) is 0 Å². The second kappa shape index (κ2) is 10.2. The molecule has 3 N–H and O–H groups in total. The van der Waals surface area contributed by atoms with Crippen LogP contribution < -0.4 is 20.3 Å². The predicted molar refractivity (Wildman–Crippen MR) is 134 cm³/mol. The smallest absolute Gasteiger partial charge is 0.241 e. The summed E-state index contributed by atoms with van der Waals surface area (Å²) in [6.07, 6.45) is 7.95. The van der Waals surface area contributed by atoms with Gasteiger partial charge in [0.05, 0.1) is 4.90 Å². The zero-order valence-corrected chi connectivity index (χ0v) is 21.0. The van der Waals surface area contributed by atoms with E-state index in [4.69, 9.17) is 0 Å². The minimum atomic E-state index is -3.67.